The molecule has 0 atom stereocenters. The molecule has 0 amide bonds. The van der Waals surface area contributed by atoms with Gasteiger partial charge in [-0.05, 0) is 48.9 Å². The quantitative estimate of drug-likeness (QED) is 0.326. The predicted molar refractivity (Wildman–Crippen MR) is 100 cm³/mol. The summed E-state index contributed by atoms with van der Waals surface area (Å²) in [6.45, 7) is 0.731. The number of rotatable bonds is 9. The van der Waals surface area contributed by atoms with Crippen LogP contribution in [0.2, 0.25) is 0 Å². The summed E-state index contributed by atoms with van der Waals surface area (Å²) >= 11 is 2.39. The first kappa shape index (κ1) is 17.1. The Balaban J connectivity index is 1.76. The smallest absolute Gasteiger partial charge is 0.161 e. The summed E-state index contributed by atoms with van der Waals surface area (Å²) in [5, 5.41) is 0. The number of unbranched alkanes of at least 4 members (excludes halogenated alkanes) is 1. The van der Waals surface area contributed by atoms with Crippen LogP contribution in [0.1, 0.15) is 24.0 Å². The van der Waals surface area contributed by atoms with Gasteiger partial charge in [0.05, 0.1) is 13.7 Å². The van der Waals surface area contributed by atoms with Crippen molar-refractivity contribution in [1.29, 1.82) is 0 Å². The Morgan fingerprint density at radius 3 is 2.41 bits per heavy atom. The van der Waals surface area contributed by atoms with E-state index in [4.69, 9.17) is 9.47 Å². The Hall–Kier alpha value is -1.23. The van der Waals surface area contributed by atoms with E-state index in [1.54, 1.807) is 7.11 Å². The number of hydrogen-bond acceptors (Lipinski definition) is 2. The van der Waals surface area contributed by atoms with Gasteiger partial charge in [0.2, 0.25) is 0 Å². The van der Waals surface area contributed by atoms with E-state index >= 15 is 0 Å². The summed E-state index contributed by atoms with van der Waals surface area (Å²) in [6, 6.07) is 16.8. The molecule has 118 valence electrons. The molecular weight excluding hydrogens is 387 g/mol. The standard InChI is InChI=1S/C19H23IO2/c1-21-19-15-17(12-13-20)10-11-18(19)22-14-6-5-9-16-7-3-2-4-8-16/h2-4,7-8,10-11,15H,5-6,9,12-14H2,1H3. The van der Waals surface area contributed by atoms with E-state index in [1.165, 1.54) is 11.1 Å². The Morgan fingerprint density at radius 1 is 0.864 bits per heavy atom. The highest BCUT2D eigenvalue weighted by molar-refractivity contribution is 14.1. The Kier molecular flexibility index (Phi) is 7.57. The molecular formula is C19H23IO2. The van der Waals surface area contributed by atoms with Crippen LogP contribution < -0.4 is 9.47 Å². The van der Waals surface area contributed by atoms with E-state index in [0.29, 0.717) is 0 Å². The summed E-state index contributed by atoms with van der Waals surface area (Å²) < 4.78 is 12.4. The lowest BCUT2D eigenvalue weighted by Crippen LogP contribution is -2.01. The average molecular weight is 410 g/mol. The van der Waals surface area contributed by atoms with Gasteiger partial charge in [-0.1, -0.05) is 59.0 Å². The molecule has 0 fully saturated rings. The monoisotopic (exact) mass is 410 g/mol. The van der Waals surface area contributed by atoms with Gasteiger partial charge in [0.1, 0.15) is 0 Å². The molecule has 0 saturated carbocycles. The van der Waals surface area contributed by atoms with Crippen LogP contribution in [0, 0.1) is 0 Å². The first-order valence-electron chi connectivity index (χ1n) is 7.73. The maximum absolute atomic E-state index is 5.87. The van der Waals surface area contributed by atoms with Crippen molar-refractivity contribution in [2.24, 2.45) is 0 Å². The second-order valence-electron chi connectivity index (χ2n) is 5.22. The van der Waals surface area contributed by atoms with E-state index in [1.807, 2.05) is 6.07 Å². The predicted octanol–water partition coefficient (Wildman–Crippen LogP) is 5.07. The third-order valence-electron chi connectivity index (χ3n) is 3.57. The molecule has 22 heavy (non-hydrogen) atoms. The average Bonchev–Trinajstić information content (AvgIpc) is 2.56. The maximum atomic E-state index is 5.87. The number of halogens is 1. The Labute approximate surface area is 147 Å². The topological polar surface area (TPSA) is 18.5 Å². The molecule has 2 aromatic carbocycles. The van der Waals surface area contributed by atoms with Gasteiger partial charge in [-0.2, -0.15) is 0 Å². The normalized spacial score (nSPS) is 10.5. The van der Waals surface area contributed by atoms with Crippen LogP contribution in [-0.2, 0) is 12.8 Å². The fraction of sp³-hybridized carbons (Fsp3) is 0.368. The zero-order valence-corrected chi connectivity index (χ0v) is 15.2. The van der Waals surface area contributed by atoms with Crippen LogP contribution in [0.3, 0.4) is 0 Å². The fourth-order valence-corrected chi connectivity index (χ4v) is 2.98. The minimum atomic E-state index is 0.731. The molecule has 3 heteroatoms. The van der Waals surface area contributed by atoms with Crippen LogP contribution in [0.5, 0.6) is 11.5 Å². The molecule has 0 aliphatic heterocycles. The van der Waals surface area contributed by atoms with Crippen molar-refractivity contribution in [3.8, 4) is 11.5 Å². The SMILES string of the molecule is COc1cc(CCI)ccc1OCCCCc1ccccc1. The van der Waals surface area contributed by atoms with Crippen LogP contribution >= 0.6 is 22.6 Å². The molecule has 0 unspecified atom stereocenters. The lowest BCUT2D eigenvalue weighted by molar-refractivity contribution is 0.286. The molecule has 0 radical (unpaired) electrons. The number of benzene rings is 2. The highest BCUT2D eigenvalue weighted by Crippen LogP contribution is 2.28. The fourth-order valence-electron chi connectivity index (χ4n) is 2.35. The minimum Gasteiger partial charge on any atom is -0.493 e. The molecule has 0 N–H and O–H groups in total. The summed E-state index contributed by atoms with van der Waals surface area (Å²) in [5.74, 6) is 1.69. The van der Waals surface area contributed by atoms with E-state index in [0.717, 1.165) is 48.2 Å². The Morgan fingerprint density at radius 2 is 1.68 bits per heavy atom. The van der Waals surface area contributed by atoms with Crippen molar-refractivity contribution in [3.05, 3.63) is 59.7 Å². The van der Waals surface area contributed by atoms with Crippen LogP contribution in [0.4, 0.5) is 0 Å². The summed E-state index contributed by atoms with van der Waals surface area (Å²) in [6.07, 6.45) is 4.36. The van der Waals surface area contributed by atoms with Crippen molar-refractivity contribution in [3.63, 3.8) is 0 Å². The van der Waals surface area contributed by atoms with Gasteiger partial charge in [0.25, 0.3) is 0 Å². The first-order valence-corrected chi connectivity index (χ1v) is 9.25. The second-order valence-corrected chi connectivity index (χ2v) is 6.29. The summed E-state index contributed by atoms with van der Waals surface area (Å²) in [5.41, 5.74) is 2.69. The second kappa shape index (κ2) is 9.72. The van der Waals surface area contributed by atoms with E-state index in [-0.39, 0.29) is 0 Å². The molecule has 0 heterocycles. The highest BCUT2D eigenvalue weighted by atomic mass is 127. The molecule has 0 bridgehead atoms. The van der Waals surface area contributed by atoms with E-state index in [9.17, 15) is 0 Å². The zero-order chi connectivity index (χ0) is 15.6. The molecule has 0 saturated heterocycles. The van der Waals surface area contributed by atoms with E-state index < -0.39 is 0 Å². The van der Waals surface area contributed by atoms with Crippen LogP contribution in [0.15, 0.2) is 48.5 Å². The van der Waals surface area contributed by atoms with Gasteiger partial charge in [0.15, 0.2) is 11.5 Å². The molecule has 2 aromatic rings. The number of hydrogen-bond donors (Lipinski definition) is 0. The molecule has 0 aliphatic carbocycles. The molecule has 0 spiro atoms. The van der Waals surface area contributed by atoms with Crippen molar-refractivity contribution in [2.45, 2.75) is 25.7 Å². The zero-order valence-electron chi connectivity index (χ0n) is 13.1. The van der Waals surface area contributed by atoms with Gasteiger partial charge < -0.3 is 9.47 Å². The molecule has 2 nitrogen and oxygen atoms in total. The van der Waals surface area contributed by atoms with Crippen molar-refractivity contribution < 1.29 is 9.47 Å². The number of aryl methyl sites for hydroxylation is 2. The summed E-state index contributed by atoms with van der Waals surface area (Å²) in [4.78, 5) is 0. The molecule has 0 aliphatic rings. The summed E-state index contributed by atoms with van der Waals surface area (Å²) in [7, 11) is 1.70. The van der Waals surface area contributed by atoms with Gasteiger partial charge in [-0.25, -0.2) is 0 Å². The lowest BCUT2D eigenvalue weighted by Gasteiger charge is -2.12. The van der Waals surface area contributed by atoms with Crippen LogP contribution in [0.25, 0.3) is 0 Å². The van der Waals surface area contributed by atoms with Crippen molar-refractivity contribution >= 4 is 22.6 Å². The highest BCUT2D eigenvalue weighted by Gasteiger charge is 2.05. The van der Waals surface area contributed by atoms with Gasteiger partial charge >= 0.3 is 0 Å². The van der Waals surface area contributed by atoms with Gasteiger partial charge in [-0.3, -0.25) is 0 Å². The number of ether oxygens (including phenoxy) is 2. The molecule has 0 aromatic heterocycles. The first-order chi connectivity index (χ1) is 10.8. The Bertz CT molecular complexity index is 555. The number of alkyl halides is 1. The molecule has 2 rings (SSSR count). The maximum Gasteiger partial charge on any atom is 0.161 e. The lowest BCUT2D eigenvalue weighted by atomic mass is 10.1. The third kappa shape index (κ3) is 5.52. The largest absolute Gasteiger partial charge is 0.493 e. The van der Waals surface area contributed by atoms with Crippen molar-refractivity contribution in [2.75, 3.05) is 18.1 Å². The van der Waals surface area contributed by atoms with Crippen molar-refractivity contribution in [1.82, 2.24) is 0 Å². The van der Waals surface area contributed by atoms with Gasteiger partial charge in [0, 0.05) is 4.43 Å². The van der Waals surface area contributed by atoms with E-state index in [2.05, 4.69) is 65.1 Å². The number of methoxy groups -OCH3 is 1. The minimum absolute atomic E-state index is 0.731. The third-order valence-corrected chi connectivity index (χ3v) is 4.11. The van der Waals surface area contributed by atoms with Crippen LogP contribution in [-0.4, -0.2) is 18.1 Å². The van der Waals surface area contributed by atoms with Gasteiger partial charge in [-0.15, -0.1) is 0 Å².